The highest BCUT2D eigenvalue weighted by Crippen LogP contribution is 2.19. The second-order valence-corrected chi connectivity index (χ2v) is 6.83. The minimum atomic E-state index is -1.19. The molecule has 1 aliphatic heterocycles. The van der Waals surface area contributed by atoms with E-state index in [1.54, 1.807) is 0 Å². The Kier molecular flexibility index (Phi) is 7.51. The molecule has 3 atom stereocenters. The number of carboxylic acids is 2. The number of hydrogen-bond donors (Lipinski definition) is 4. The van der Waals surface area contributed by atoms with Gasteiger partial charge in [0.15, 0.2) is 0 Å². The SMILES string of the molecule is NC(=O)C[C@H](NC(CCc1ccccc1)C(=O)O)C(=O)N1CCC[C@H]1C(=O)O. The summed E-state index contributed by atoms with van der Waals surface area (Å²) in [6, 6.07) is 6.03. The number of aryl methyl sites for hydroxylation is 1. The average Bonchev–Trinajstić information content (AvgIpc) is 3.14. The third kappa shape index (κ3) is 5.78. The number of nitrogens with one attached hydrogen (secondary N) is 1. The van der Waals surface area contributed by atoms with E-state index < -0.39 is 48.3 Å². The fourth-order valence-electron chi connectivity index (χ4n) is 3.38. The van der Waals surface area contributed by atoms with E-state index in [1.165, 1.54) is 4.90 Å². The van der Waals surface area contributed by atoms with E-state index in [1.807, 2.05) is 30.3 Å². The Labute approximate surface area is 162 Å². The number of aliphatic carboxylic acids is 2. The van der Waals surface area contributed by atoms with Gasteiger partial charge in [-0.15, -0.1) is 0 Å². The van der Waals surface area contributed by atoms with E-state index in [-0.39, 0.29) is 13.0 Å². The normalized spacial score (nSPS) is 18.4. The van der Waals surface area contributed by atoms with Gasteiger partial charge in [0.1, 0.15) is 12.1 Å². The van der Waals surface area contributed by atoms with Crippen molar-refractivity contribution in [3.63, 3.8) is 0 Å². The molecule has 2 amide bonds. The first kappa shape index (κ1) is 21.4. The summed E-state index contributed by atoms with van der Waals surface area (Å²) in [4.78, 5) is 48.4. The maximum Gasteiger partial charge on any atom is 0.326 e. The molecular weight excluding hydrogens is 366 g/mol. The Morgan fingerprint density at radius 3 is 2.39 bits per heavy atom. The second-order valence-electron chi connectivity index (χ2n) is 6.83. The zero-order chi connectivity index (χ0) is 20.7. The summed E-state index contributed by atoms with van der Waals surface area (Å²) in [6.45, 7) is 0.245. The highest BCUT2D eigenvalue weighted by atomic mass is 16.4. The molecule has 5 N–H and O–H groups in total. The Bertz CT molecular complexity index is 724. The van der Waals surface area contributed by atoms with E-state index in [9.17, 15) is 29.4 Å². The van der Waals surface area contributed by atoms with Crippen molar-refractivity contribution < 1.29 is 29.4 Å². The van der Waals surface area contributed by atoms with Crippen LogP contribution in [0.4, 0.5) is 0 Å². The van der Waals surface area contributed by atoms with Crippen molar-refractivity contribution in [3.8, 4) is 0 Å². The maximum atomic E-state index is 12.8. The number of nitrogens with zero attached hydrogens (tertiary/aromatic N) is 1. The van der Waals surface area contributed by atoms with Gasteiger partial charge in [0.25, 0.3) is 0 Å². The first-order chi connectivity index (χ1) is 13.3. The van der Waals surface area contributed by atoms with Crippen LogP contribution in [0.5, 0.6) is 0 Å². The van der Waals surface area contributed by atoms with Gasteiger partial charge in [0, 0.05) is 6.54 Å². The van der Waals surface area contributed by atoms with Gasteiger partial charge >= 0.3 is 11.9 Å². The van der Waals surface area contributed by atoms with Gasteiger partial charge in [-0.3, -0.25) is 19.7 Å². The Hall–Kier alpha value is -2.94. The first-order valence-electron chi connectivity index (χ1n) is 9.14. The molecule has 1 aromatic carbocycles. The fraction of sp³-hybridized carbons (Fsp3) is 0.474. The van der Waals surface area contributed by atoms with Gasteiger partial charge in [0.2, 0.25) is 11.8 Å². The predicted octanol–water partition coefficient (Wildman–Crippen LogP) is -0.0184. The topological polar surface area (TPSA) is 150 Å². The highest BCUT2D eigenvalue weighted by molar-refractivity contribution is 5.91. The molecular formula is C19H25N3O6. The molecule has 1 unspecified atom stereocenters. The van der Waals surface area contributed by atoms with Crippen molar-refractivity contribution in [1.29, 1.82) is 0 Å². The zero-order valence-corrected chi connectivity index (χ0v) is 15.4. The maximum absolute atomic E-state index is 12.8. The Morgan fingerprint density at radius 2 is 1.82 bits per heavy atom. The van der Waals surface area contributed by atoms with E-state index in [4.69, 9.17) is 5.73 Å². The lowest BCUT2D eigenvalue weighted by Gasteiger charge is -2.28. The molecule has 9 nitrogen and oxygen atoms in total. The van der Waals surface area contributed by atoms with Crippen LogP contribution in [0.25, 0.3) is 0 Å². The molecule has 0 aliphatic carbocycles. The van der Waals surface area contributed by atoms with Crippen molar-refractivity contribution in [2.24, 2.45) is 5.73 Å². The van der Waals surface area contributed by atoms with Crippen LogP contribution >= 0.6 is 0 Å². The predicted molar refractivity (Wildman–Crippen MR) is 99.3 cm³/mol. The quantitative estimate of drug-likeness (QED) is 0.438. The molecule has 9 heteroatoms. The van der Waals surface area contributed by atoms with E-state index in [0.717, 1.165) is 5.56 Å². The molecule has 28 heavy (non-hydrogen) atoms. The largest absolute Gasteiger partial charge is 0.480 e. The summed E-state index contributed by atoms with van der Waals surface area (Å²) in [5.41, 5.74) is 6.17. The standard InChI is InChI=1S/C19H25N3O6/c20-16(23)11-14(17(24)22-10-4-7-15(22)19(27)28)21-13(18(25)26)9-8-12-5-2-1-3-6-12/h1-3,5-6,13-15,21H,4,7-11H2,(H2,20,23)(H,25,26)(H,27,28)/t13?,14-,15-/m0/s1. The first-order valence-corrected chi connectivity index (χ1v) is 9.14. The van der Waals surface area contributed by atoms with Crippen molar-refractivity contribution in [1.82, 2.24) is 10.2 Å². The number of rotatable bonds is 10. The lowest BCUT2D eigenvalue weighted by Crippen LogP contribution is -2.55. The minimum Gasteiger partial charge on any atom is -0.480 e. The third-order valence-corrected chi connectivity index (χ3v) is 4.79. The lowest BCUT2D eigenvalue weighted by atomic mass is 10.0. The number of carbonyl (C=O) groups excluding carboxylic acids is 2. The van der Waals surface area contributed by atoms with Crippen molar-refractivity contribution in [2.75, 3.05) is 6.54 Å². The van der Waals surface area contributed by atoms with Gasteiger partial charge < -0.3 is 20.8 Å². The van der Waals surface area contributed by atoms with Crippen LogP contribution in [0.15, 0.2) is 30.3 Å². The summed E-state index contributed by atoms with van der Waals surface area (Å²) < 4.78 is 0. The average molecular weight is 391 g/mol. The number of carbonyl (C=O) groups is 4. The number of benzene rings is 1. The van der Waals surface area contributed by atoms with Gasteiger partial charge in [-0.1, -0.05) is 30.3 Å². The van der Waals surface area contributed by atoms with Gasteiger partial charge in [-0.2, -0.15) is 0 Å². The molecule has 1 aliphatic rings. The highest BCUT2D eigenvalue weighted by Gasteiger charge is 2.38. The fourth-order valence-corrected chi connectivity index (χ4v) is 3.38. The molecule has 0 saturated carbocycles. The molecule has 0 aromatic heterocycles. The van der Waals surface area contributed by atoms with Crippen LogP contribution in [0.3, 0.4) is 0 Å². The molecule has 1 saturated heterocycles. The van der Waals surface area contributed by atoms with Gasteiger partial charge in [-0.05, 0) is 31.2 Å². The molecule has 1 fully saturated rings. The summed E-state index contributed by atoms with van der Waals surface area (Å²) >= 11 is 0. The molecule has 1 heterocycles. The number of carboxylic acid groups (broad SMARTS) is 2. The van der Waals surface area contributed by atoms with Crippen molar-refractivity contribution >= 4 is 23.8 Å². The zero-order valence-electron chi connectivity index (χ0n) is 15.4. The molecule has 1 aromatic rings. The van der Waals surface area contributed by atoms with Crippen LogP contribution in [0.2, 0.25) is 0 Å². The Morgan fingerprint density at radius 1 is 1.14 bits per heavy atom. The van der Waals surface area contributed by atoms with E-state index in [0.29, 0.717) is 19.3 Å². The smallest absolute Gasteiger partial charge is 0.326 e. The van der Waals surface area contributed by atoms with Crippen LogP contribution in [0.1, 0.15) is 31.2 Å². The number of amides is 2. The monoisotopic (exact) mass is 391 g/mol. The van der Waals surface area contributed by atoms with E-state index in [2.05, 4.69) is 5.32 Å². The number of likely N-dealkylation sites (tertiary alicyclic amines) is 1. The summed E-state index contributed by atoms with van der Waals surface area (Å²) in [5, 5.41) is 21.5. The summed E-state index contributed by atoms with van der Waals surface area (Å²) in [6.07, 6.45) is 1.11. The summed E-state index contributed by atoms with van der Waals surface area (Å²) in [5.74, 6) is -3.67. The van der Waals surface area contributed by atoms with Crippen molar-refractivity contribution in [3.05, 3.63) is 35.9 Å². The van der Waals surface area contributed by atoms with Crippen LogP contribution in [-0.2, 0) is 25.6 Å². The molecule has 0 spiro atoms. The van der Waals surface area contributed by atoms with E-state index >= 15 is 0 Å². The van der Waals surface area contributed by atoms with Gasteiger partial charge in [-0.25, -0.2) is 4.79 Å². The van der Waals surface area contributed by atoms with Crippen LogP contribution in [0, 0.1) is 0 Å². The number of hydrogen-bond acceptors (Lipinski definition) is 5. The minimum absolute atomic E-state index is 0.199. The molecule has 0 radical (unpaired) electrons. The molecule has 152 valence electrons. The molecule has 0 bridgehead atoms. The van der Waals surface area contributed by atoms with Crippen molar-refractivity contribution in [2.45, 2.75) is 50.2 Å². The van der Waals surface area contributed by atoms with Crippen LogP contribution < -0.4 is 11.1 Å². The van der Waals surface area contributed by atoms with Crippen LogP contribution in [-0.4, -0.2) is 63.5 Å². The Balaban J connectivity index is 2.11. The third-order valence-electron chi connectivity index (χ3n) is 4.79. The van der Waals surface area contributed by atoms with Gasteiger partial charge in [0.05, 0.1) is 12.5 Å². The number of nitrogens with two attached hydrogens (primary N) is 1. The second kappa shape index (κ2) is 9.84. The lowest BCUT2D eigenvalue weighted by molar-refractivity contribution is -0.150. The molecule has 2 rings (SSSR count). The number of primary amides is 1. The summed E-state index contributed by atoms with van der Waals surface area (Å²) in [7, 11) is 0.